The Kier molecular flexibility index (Phi) is 5.32. The molecule has 2 aromatic rings. The van der Waals surface area contributed by atoms with Crippen LogP contribution in [0.2, 0.25) is 5.02 Å². The summed E-state index contributed by atoms with van der Waals surface area (Å²) in [5.74, 6) is -0.316. The lowest BCUT2D eigenvalue weighted by molar-refractivity contribution is -0.402. The number of carbonyl (C=O) groups is 1. The molecule has 120 valence electrons. The number of carbonyl (C=O) groups excluding carboxylic acids is 1. The molecule has 0 aliphatic heterocycles. The van der Waals surface area contributed by atoms with E-state index < -0.39 is 22.8 Å². The van der Waals surface area contributed by atoms with Crippen LogP contribution in [-0.2, 0) is 4.79 Å². The van der Waals surface area contributed by atoms with Gasteiger partial charge in [-0.25, -0.2) is 5.43 Å². The standard InChI is InChI=1S/C14H12ClN3O5/c1-9(22-11-4-2-3-10(15)7-11)14(19)17-16-8-12-5-6-13(23-12)18(20)21/h2-9H,1H3,(H,17,19)/b16-8-/t9-/m0/s1. The molecule has 1 aromatic carbocycles. The van der Waals surface area contributed by atoms with Crippen LogP contribution in [0.4, 0.5) is 5.88 Å². The normalized spacial score (nSPS) is 12.1. The summed E-state index contributed by atoms with van der Waals surface area (Å²) in [5.41, 5.74) is 2.25. The Balaban J connectivity index is 1.88. The number of nitro groups is 1. The third-order valence-corrected chi connectivity index (χ3v) is 2.87. The smallest absolute Gasteiger partial charge is 0.433 e. The van der Waals surface area contributed by atoms with Crippen LogP contribution in [0.5, 0.6) is 5.75 Å². The molecule has 0 aliphatic carbocycles. The van der Waals surface area contributed by atoms with Crippen molar-refractivity contribution in [2.24, 2.45) is 5.10 Å². The van der Waals surface area contributed by atoms with Gasteiger partial charge in [-0.3, -0.25) is 14.9 Å². The Morgan fingerprint density at radius 2 is 2.26 bits per heavy atom. The highest BCUT2D eigenvalue weighted by molar-refractivity contribution is 6.30. The van der Waals surface area contributed by atoms with Gasteiger partial charge < -0.3 is 9.15 Å². The predicted octanol–water partition coefficient (Wildman–Crippen LogP) is 2.76. The Labute approximate surface area is 135 Å². The minimum atomic E-state index is -0.809. The molecule has 0 fully saturated rings. The molecule has 1 atom stereocenters. The van der Waals surface area contributed by atoms with Crippen molar-refractivity contribution in [1.29, 1.82) is 0 Å². The number of rotatable bonds is 6. The summed E-state index contributed by atoms with van der Waals surface area (Å²) < 4.78 is 10.3. The van der Waals surface area contributed by atoms with Gasteiger partial charge in [0, 0.05) is 5.02 Å². The zero-order chi connectivity index (χ0) is 16.8. The fraction of sp³-hybridized carbons (Fsp3) is 0.143. The Morgan fingerprint density at radius 1 is 1.48 bits per heavy atom. The highest BCUT2D eigenvalue weighted by Crippen LogP contribution is 2.18. The third kappa shape index (κ3) is 4.82. The van der Waals surface area contributed by atoms with E-state index in [1.807, 2.05) is 0 Å². The first-order valence-corrected chi connectivity index (χ1v) is 6.83. The number of hydrazone groups is 1. The number of furan rings is 1. The molecular formula is C14H12ClN3O5. The summed E-state index contributed by atoms with van der Waals surface area (Å²) in [6.45, 7) is 1.55. The van der Waals surface area contributed by atoms with Crippen LogP contribution < -0.4 is 10.2 Å². The van der Waals surface area contributed by atoms with E-state index in [-0.39, 0.29) is 5.76 Å². The lowest BCUT2D eigenvalue weighted by atomic mass is 10.3. The molecule has 1 amide bonds. The van der Waals surface area contributed by atoms with Crippen molar-refractivity contribution in [2.75, 3.05) is 0 Å². The van der Waals surface area contributed by atoms with Gasteiger partial charge in [-0.1, -0.05) is 17.7 Å². The van der Waals surface area contributed by atoms with E-state index in [9.17, 15) is 14.9 Å². The maximum Gasteiger partial charge on any atom is 0.433 e. The van der Waals surface area contributed by atoms with Gasteiger partial charge in [0.2, 0.25) is 0 Å². The van der Waals surface area contributed by atoms with Crippen LogP contribution in [-0.4, -0.2) is 23.1 Å². The fourth-order valence-electron chi connectivity index (χ4n) is 1.56. The van der Waals surface area contributed by atoms with Crippen molar-refractivity contribution < 1.29 is 18.9 Å². The van der Waals surface area contributed by atoms with Crippen LogP contribution in [0.15, 0.2) is 45.9 Å². The van der Waals surface area contributed by atoms with Crippen molar-refractivity contribution in [3.63, 3.8) is 0 Å². The maximum absolute atomic E-state index is 11.8. The Bertz CT molecular complexity index is 744. The second kappa shape index (κ2) is 7.41. The number of hydrogen-bond acceptors (Lipinski definition) is 6. The first kappa shape index (κ1) is 16.5. The van der Waals surface area contributed by atoms with Gasteiger partial charge in [-0.2, -0.15) is 5.10 Å². The second-order valence-corrected chi connectivity index (χ2v) is 4.82. The molecule has 0 aliphatic rings. The summed E-state index contributed by atoms with van der Waals surface area (Å²) in [7, 11) is 0. The topological polar surface area (TPSA) is 107 Å². The molecule has 0 bridgehead atoms. The van der Waals surface area contributed by atoms with Crippen LogP contribution in [0.3, 0.4) is 0 Å². The van der Waals surface area contributed by atoms with E-state index in [2.05, 4.69) is 10.5 Å². The molecule has 1 N–H and O–H groups in total. The Hall–Kier alpha value is -2.87. The summed E-state index contributed by atoms with van der Waals surface area (Å²) in [4.78, 5) is 21.6. The second-order valence-electron chi connectivity index (χ2n) is 4.38. The molecule has 1 aromatic heterocycles. The molecule has 0 saturated heterocycles. The monoisotopic (exact) mass is 337 g/mol. The van der Waals surface area contributed by atoms with Crippen molar-refractivity contribution in [1.82, 2.24) is 5.43 Å². The minimum absolute atomic E-state index is 0.139. The van der Waals surface area contributed by atoms with Gasteiger partial charge >= 0.3 is 5.88 Å². The lowest BCUT2D eigenvalue weighted by Crippen LogP contribution is -2.33. The zero-order valence-corrected chi connectivity index (χ0v) is 12.7. The van der Waals surface area contributed by atoms with Crippen molar-refractivity contribution in [2.45, 2.75) is 13.0 Å². The molecule has 0 spiro atoms. The number of halogens is 1. The van der Waals surface area contributed by atoms with E-state index in [0.717, 1.165) is 6.21 Å². The van der Waals surface area contributed by atoms with Crippen molar-refractivity contribution >= 4 is 29.6 Å². The minimum Gasteiger partial charge on any atom is -0.481 e. The summed E-state index contributed by atoms with van der Waals surface area (Å²) in [6.07, 6.45) is 0.341. The van der Waals surface area contributed by atoms with Gasteiger partial charge in [-0.05, 0) is 31.2 Å². The molecule has 8 nitrogen and oxygen atoms in total. The number of nitrogens with one attached hydrogen (secondary N) is 1. The lowest BCUT2D eigenvalue weighted by Gasteiger charge is -2.12. The largest absolute Gasteiger partial charge is 0.481 e. The maximum atomic E-state index is 11.8. The van der Waals surface area contributed by atoms with Crippen molar-refractivity contribution in [3.8, 4) is 5.75 Å². The molecule has 1 heterocycles. The quantitative estimate of drug-likeness (QED) is 0.495. The van der Waals surface area contributed by atoms with Gasteiger partial charge in [0.25, 0.3) is 5.91 Å². The number of benzene rings is 1. The van der Waals surface area contributed by atoms with Crippen LogP contribution in [0.1, 0.15) is 12.7 Å². The Morgan fingerprint density at radius 3 is 2.91 bits per heavy atom. The van der Waals surface area contributed by atoms with E-state index in [0.29, 0.717) is 10.8 Å². The van der Waals surface area contributed by atoms with E-state index in [1.165, 1.54) is 12.1 Å². The van der Waals surface area contributed by atoms with Gasteiger partial charge in [0.05, 0.1) is 12.3 Å². The van der Waals surface area contributed by atoms with Crippen LogP contribution >= 0.6 is 11.6 Å². The zero-order valence-electron chi connectivity index (χ0n) is 11.9. The number of amides is 1. The number of ether oxygens (including phenoxy) is 1. The molecule has 23 heavy (non-hydrogen) atoms. The van der Waals surface area contributed by atoms with E-state index in [1.54, 1.807) is 31.2 Å². The van der Waals surface area contributed by atoms with Gasteiger partial charge in [-0.15, -0.1) is 0 Å². The average molecular weight is 338 g/mol. The molecule has 2 rings (SSSR count). The highest BCUT2D eigenvalue weighted by Gasteiger charge is 2.14. The highest BCUT2D eigenvalue weighted by atomic mass is 35.5. The average Bonchev–Trinajstić information content (AvgIpc) is 2.96. The number of nitrogens with zero attached hydrogens (tertiary/aromatic N) is 2. The van der Waals surface area contributed by atoms with Gasteiger partial charge in [0.1, 0.15) is 10.7 Å². The number of hydrogen-bond donors (Lipinski definition) is 1. The first-order valence-electron chi connectivity index (χ1n) is 6.45. The van der Waals surface area contributed by atoms with Crippen LogP contribution in [0, 0.1) is 10.1 Å². The predicted molar refractivity (Wildman–Crippen MR) is 82.6 cm³/mol. The fourth-order valence-corrected chi connectivity index (χ4v) is 1.74. The molecule has 0 unspecified atom stereocenters. The summed E-state index contributed by atoms with van der Waals surface area (Å²) in [6, 6.07) is 9.18. The molecular weight excluding hydrogens is 326 g/mol. The molecule has 0 radical (unpaired) electrons. The molecule has 9 heteroatoms. The van der Waals surface area contributed by atoms with Crippen LogP contribution in [0.25, 0.3) is 0 Å². The molecule has 0 saturated carbocycles. The third-order valence-electron chi connectivity index (χ3n) is 2.64. The first-order chi connectivity index (χ1) is 11.0. The van der Waals surface area contributed by atoms with Gasteiger partial charge in [0.15, 0.2) is 11.9 Å². The summed E-state index contributed by atoms with van der Waals surface area (Å²) in [5, 5.41) is 14.6. The van der Waals surface area contributed by atoms with Crippen molar-refractivity contribution in [3.05, 3.63) is 57.3 Å². The van der Waals surface area contributed by atoms with E-state index >= 15 is 0 Å². The SMILES string of the molecule is C[C@H](Oc1cccc(Cl)c1)C(=O)N/N=C\c1ccc([N+](=O)[O-])o1. The van der Waals surface area contributed by atoms with E-state index in [4.69, 9.17) is 20.8 Å². The summed E-state index contributed by atoms with van der Waals surface area (Å²) >= 11 is 5.82.